The predicted molar refractivity (Wildman–Crippen MR) is 74.6 cm³/mol. The molecule has 0 saturated heterocycles. The third-order valence-electron chi connectivity index (χ3n) is 2.66. The van der Waals surface area contributed by atoms with Gasteiger partial charge in [-0.1, -0.05) is 28.9 Å². The van der Waals surface area contributed by atoms with Crippen LogP contribution in [0.25, 0.3) is 0 Å². The number of hydrogen-bond donors (Lipinski definition) is 0. The molecule has 0 aliphatic heterocycles. The fourth-order valence-corrected chi connectivity index (χ4v) is 2.71. The number of thiocyanates is 1. The molecule has 1 unspecified atom stereocenters. The molecule has 1 rings (SSSR count). The fourth-order valence-electron chi connectivity index (χ4n) is 1.61. The summed E-state index contributed by atoms with van der Waals surface area (Å²) in [6, 6.07) is 4.42. The van der Waals surface area contributed by atoms with Gasteiger partial charge in [-0.05, 0) is 60.7 Å². The van der Waals surface area contributed by atoms with E-state index in [9.17, 15) is 0 Å². The number of nitrogens with zero attached hydrogens (tertiary/aromatic N) is 1. The lowest BCUT2D eigenvalue weighted by atomic mass is 9.99. The SMILES string of the molecule is Cc1cc(Br)c(CC(C)CSC#N)cc1C. The van der Waals surface area contributed by atoms with E-state index in [4.69, 9.17) is 5.26 Å². The molecule has 1 atom stereocenters. The maximum Gasteiger partial charge on any atom is 0.133 e. The Balaban J connectivity index is 2.74. The summed E-state index contributed by atoms with van der Waals surface area (Å²) < 4.78 is 1.18. The van der Waals surface area contributed by atoms with Gasteiger partial charge in [-0.3, -0.25) is 0 Å². The number of benzene rings is 1. The molecule has 1 aromatic rings. The maximum atomic E-state index is 8.52. The van der Waals surface area contributed by atoms with Crippen LogP contribution in [0.2, 0.25) is 0 Å². The molecular formula is C13H16BrNS. The molecule has 0 saturated carbocycles. The number of rotatable bonds is 4. The minimum absolute atomic E-state index is 0.531. The minimum atomic E-state index is 0.531. The van der Waals surface area contributed by atoms with E-state index >= 15 is 0 Å². The van der Waals surface area contributed by atoms with Crippen LogP contribution in [0.3, 0.4) is 0 Å². The molecule has 1 aromatic carbocycles. The van der Waals surface area contributed by atoms with Gasteiger partial charge in [-0.25, -0.2) is 0 Å². The average Bonchev–Trinajstić information content (AvgIpc) is 2.23. The Labute approximate surface area is 110 Å². The van der Waals surface area contributed by atoms with E-state index in [2.05, 4.69) is 54.2 Å². The number of halogens is 1. The van der Waals surface area contributed by atoms with Crippen LogP contribution in [-0.4, -0.2) is 5.75 Å². The van der Waals surface area contributed by atoms with Gasteiger partial charge in [0.25, 0.3) is 0 Å². The summed E-state index contributed by atoms with van der Waals surface area (Å²) in [6.07, 6.45) is 1.02. The Kier molecular flexibility index (Phi) is 5.37. The Morgan fingerprint density at radius 1 is 1.38 bits per heavy atom. The molecule has 0 aliphatic carbocycles. The molecule has 0 aliphatic rings. The van der Waals surface area contributed by atoms with E-state index in [1.54, 1.807) is 0 Å². The zero-order chi connectivity index (χ0) is 12.1. The molecule has 16 heavy (non-hydrogen) atoms. The van der Waals surface area contributed by atoms with Gasteiger partial charge in [0.1, 0.15) is 5.40 Å². The van der Waals surface area contributed by atoms with Crippen molar-refractivity contribution in [3.05, 3.63) is 33.3 Å². The molecule has 0 aromatic heterocycles. The molecular weight excluding hydrogens is 282 g/mol. The van der Waals surface area contributed by atoms with Gasteiger partial charge in [-0.15, -0.1) is 0 Å². The van der Waals surface area contributed by atoms with Gasteiger partial charge in [0.2, 0.25) is 0 Å². The highest BCUT2D eigenvalue weighted by Gasteiger charge is 2.08. The standard InChI is InChI=1S/C13H16BrNS/c1-9(7-16-8-15)4-12-5-10(2)11(3)6-13(12)14/h5-6,9H,4,7H2,1-3H3. The highest BCUT2D eigenvalue weighted by molar-refractivity contribution is 9.10. The molecule has 1 nitrogen and oxygen atoms in total. The Morgan fingerprint density at radius 3 is 2.62 bits per heavy atom. The van der Waals surface area contributed by atoms with E-state index in [0.717, 1.165) is 12.2 Å². The van der Waals surface area contributed by atoms with Gasteiger partial charge < -0.3 is 0 Å². The molecule has 0 radical (unpaired) electrons. The summed E-state index contributed by atoms with van der Waals surface area (Å²) in [5.41, 5.74) is 3.99. The highest BCUT2D eigenvalue weighted by Crippen LogP contribution is 2.24. The second kappa shape index (κ2) is 6.32. The van der Waals surface area contributed by atoms with Gasteiger partial charge in [0.05, 0.1) is 0 Å². The van der Waals surface area contributed by atoms with Crippen molar-refractivity contribution in [2.45, 2.75) is 27.2 Å². The average molecular weight is 298 g/mol. The van der Waals surface area contributed by atoms with E-state index in [0.29, 0.717) is 5.92 Å². The van der Waals surface area contributed by atoms with Gasteiger partial charge >= 0.3 is 0 Å². The van der Waals surface area contributed by atoms with Crippen molar-refractivity contribution in [2.24, 2.45) is 5.92 Å². The molecule has 0 bridgehead atoms. The van der Waals surface area contributed by atoms with Crippen LogP contribution in [0.15, 0.2) is 16.6 Å². The molecule has 3 heteroatoms. The summed E-state index contributed by atoms with van der Waals surface area (Å²) in [4.78, 5) is 0. The van der Waals surface area contributed by atoms with Crippen LogP contribution < -0.4 is 0 Å². The van der Waals surface area contributed by atoms with Crippen molar-refractivity contribution in [2.75, 3.05) is 5.75 Å². The summed E-state index contributed by atoms with van der Waals surface area (Å²) in [6.45, 7) is 6.45. The van der Waals surface area contributed by atoms with Crippen molar-refractivity contribution < 1.29 is 0 Å². The first kappa shape index (κ1) is 13.6. The summed E-state index contributed by atoms with van der Waals surface area (Å²) in [7, 11) is 0. The quantitative estimate of drug-likeness (QED) is 0.766. The highest BCUT2D eigenvalue weighted by atomic mass is 79.9. The number of aryl methyl sites for hydroxylation is 2. The van der Waals surface area contributed by atoms with Crippen LogP contribution in [0.1, 0.15) is 23.6 Å². The normalized spacial score (nSPS) is 12.2. The third-order valence-corrected chi connectivity index (χ3v) is 4.27. The molecule has 0 heterocycles. The summed E-state index contributed by atoms with van der Waals surface area (Å²) in [5.74, 6) is 1.43. The smallest absolute Gasteiger partial charge is 0.133 e. The molecule has 0 amide bonds. The lowest BCUT2D eigenvalue weighted by Crippen LogP contribution is -2.03. The maximum absolute atomic E-state index is 8.52. The zero-order valence-electron chi connectivity index (χ0n) is 9.88. The first-order valence-corrected chi connectivity index (χ1v) is 7.09. The van der Waals surface area contributed by atoms with Crippen molar-refractivity contribution in [1.29, 1.82) is 5.26 Å². The second-order valence-electron chi connectivity index (χ2n) is 4.24. The van der Waals surface area contributed by atoms with Crippen LogP contribution in [0, 0.1) is 30.4 Å². The van der Waals surface area contributed by atoms with Crippen LogP contribution >= 0.6 is 27.7 Å². The van der Waals surface area contributed by atoms with Crippen LogP contribution in [-0.2, 0) is 6.42 Å². The minimum Gasteiger partial charge on any atom is -0.185 e. The summed E-state index contributed by atoms with van der Waals surface area (Å²) in [5, 5.41) is 10.6. The van der Waals surface area contributed by atoms with Crippen molar-refractivity contribution in [3.8, 4) is 5.40 Å². The van der Waals surface area contributed by atoms with E-state index in [1.807, 2.05) is 0 Å². The lowest BCUT2D eigenvalue weighted by Gasteiger charge is -2.12. The molecule has 0 spiro atoms. The van der Waals surface area contributed by atoms with Crippen LogP contribution in [0.5, 0.6) is 0 Å². The Morgan fingerprint density at radius 2 is 2.00 bits per heavy atom. The first-order valence-electron chi connectivity index (χ1n) is 5.31. The largest absolute Gasteiger partial charge is 0.185 e. The monoisotopic (exact) mass is 297 g/mol. The van der Waals surface area contributed by atoms with Crippen molar-refractivity contribution in [1.82, 2.24) is 0 Å². The topological polar surface area (TPSA) is 23.8 Å². The van der Waals surface area contributed by atoms with Crippen molar-refractivity contribution >= 4 is 27.7 Å². The van der Waals surface area contributed by atoms with E-state index in [1.165, 1.54) is 32.9 Å². The molecule has 0 N–H and O–H groups in total. The number of nitriles is 1. The molecule has 86 valence electrons. The van der Waals surface area contributed by atoms with E-state index in [-0.39, 0.29) is 0 Å². The fraction of sp³-hybridized carbons (Fsp3) is 0.462. The lowest BCUT2D eigenvalue weighted by molar-refractivity contribution is 0.657. The summed E-state index contributed by atoms with van der Waals surface area (Å²) >= 11 is 4.95. The van der Waals surface area contributed by atoms with Gasteiger partial charge in [0, 0.05) is 10.2 Å². The Hall–Kier alpha value is -0.460. The number of thioether (sulfide) groups is 1. The Bertz CT molecular complexity index is 409. The number of hydrogen-bond acceptors (Lipinski definition) is 2. The second-order valence-corrected chi connectivity index (χ2v) is 5.90. The third kappa shape index (κ3) is 3.84. The van der Waals surface area contributed by atoms with Crippen LogP contribution in [0.4, 0.5) is 0 Å². The van der Waals surface area contributed by atoms with Gasteiger partial charge in [0.15, 0.2) is 0 Å². The van der Waals surface area contributed by atoms with E-state index < -0.39 is 0 Å². The molecule has 0 fully saturated rings. The first-order chi connectivity index (χ1) is 7.54. The zero-order valence-corrected chi connectivity index (χ0v) is 12.3. The van der Waals surface area contributed by atoms with Crippen molar-refractivity contribution in [3.63, 3.8) is 0 Å². The predicted octanol–water partition coefficient (Wildman–Crippen LogP) is 4.46. The van der Waals surface area contributed by atoms with Gasteiger partial charge in [-0.2, -0.15) is 5.26 Å².